The molecule has 0 aromatic heterocycles. The maximum absolute atomic E-state index is 11.3. The summed E-state index contributed by atoms with van der Waals surface area (Å²) in [5.41, 5.74) is -0.240. The number of carbonyl (C=O) groups excluding carboxylic acids is 1. The van der Waals surface area contributed by atoms with Gasteiger partial charge in [-0.15, -0.1) is 0 Å². The summed E-state index contributed by atoms with van der Waals surface area (Å²) >= 11 is 0. The summed E-state index contributed by atoms with van der Waals surface area (Å²) in [7, 11) is 0. The minimum Gasteiger partial charge on any atom is -0.462 e. The number of rotatable bonds is 0. The molecule has 2 bridgehead atoms. The lowest BCUT2D eigenvalue weighted by atomic mass is 9.76. The molecule has 3 heteroatoms. The van der Waals surface area contributed by atoms with Gasteiger partial charge in [-0.2, -0.15) is 0 Å². The van der Waals surface area contributed by atoms with Crippen LogP contribution in [0, 0.1) is 5.92 Å². The van der Waals surface area contributed by atoms with Crippen molar-refractivity contribution in [1.82, 2.24) is 0 Å². The predicted molar refractivity (Wildman–Crippen MR) is 40.5 cm³/mol. The van der Waals surface area contributed by atoms with Crippen molar-refractivity contribution in [2.75, 3.05) is 6.61 Å². The molecule has 0 N–H and O–H groups in total. The molecule has 0 radical (unpaired) electrons. The fourth-order valence-electron chi connectivity index (χ4n) is 2.87. The molecule has 0 aliphatic carbocycles. The van der Waals surface area contributed by atoms with Crippen LogP contribution in [0.25, 0.3) is 0 Å². The molecule has 66 valence electrons. The molecule has 1 spiro atoms. The molecular weight excluding hydrogens is 156 g/mol. The van der Waals surface area contributed by atoms with E-state index < -0.39 is 0 Å². The minimum absolute atomic E-state index is 0.0237. The van der Waals surface area contributed by atoms with E-state index in [4.69, 9.17) is 9.47 Å². The van der Waals surface area contributed by atoms with Gasteiger partial charge in [0.15, 0.2) is 0 Å². The molecule has 3 atom stereocenters. The second-order valence-corrected chi connectivity index (χ2v) is 4.48. The Morgan fingerprint density at radius 1 is 1.50 bits per heavy atom. The topological polar surface area (TPSA) is 35.5 Å². The number of ether oxygens (including phenoxy) is 2. The Hall–Kier alpha value is -0.570. The van der Waals surface area contributed by atoms with E-state index in [1.807, 2.05) is 0 Å². The van der Waals surface area contributed by atoms with Crippen LogP contribution in [0.5, 0.6) is 0 Å². The highest BCUT2D eigenvalue weighted by Gasteiger charge is 2.65. The molecule has 3 fully saturated rings. The maximum atomic E-state index is 11.3. The molecule has 3 aliphatic heterocycles. The molecular formula is C9H12O3. The van der Waals surface area contributed by atoms with Crippen LogP contribution >= 0.6 is 0 Å². The zero-order chi connectivity index (χ0) is 8.40. The van der Waals surface area contributed by atoms with E-state index in [0.29, 0.717) is 6.61 Å². The SMILES string of the molecule is C[C@@]12CC[C@]3(COC(=O)C3C1)O2. The van der Waals surface area contributed by atoms with Gasteiger partial charge in [0.1, 0.15) is 12.2 Å². The van der Waals surface area contributed by atoms with E-state index in [-0.39, 0.29) is 23.1 Å². The van der Waals surface area contributed by atoms with Gasteiger partial charge in [-0.1, -0.05) is 0 Å². The Kier molecular flexibility index (Phi) is 0.971. The van der Waals surface area contributed by atoms with Crippen LogP contribution in [0.1, 0.15) is 26.2 Å². The standard InChI is InChI=1S/C9H12O3/c1-8-2-3-9(12-8)5-11-7(10)6(9)4-8/h6H,2-5H2,1H3/t6?,8-,9-/m1/s1. The first kappa shape index (κ1) is 6.89. The third-order valence-corrected chi connectivity index (χ3v) is 3.54. The van der Waals surface area contributed by atoms with E-state index in [1.165, 1.54) is 0 Å². The van der Waals surface area contributed by atoms with E-state index >= 15 is 0 Å². The highest BCUT2D eigenvalue weighted by atomic mass is 16.6. The average Bonchev–Trinajstić information content (AvgIpc) is 2.58. The molecule has 0 amide bonds. The maximum Gasteiger partial charge on any atom is 0.312 e. The molecule has 3 aliphatic rings. The number of esters is 1. The van der Waals surface area contributed by atoms with Crippen LogP contribution in [0.2, 0.25) is 0 Å². The van der Waals surface area contributed by atoms with Gasteiger partial charge in [0.25, 0.3) is 0 Å². The first-order valence-corrected chi connectivity index (χ1v) is 4.50. The Labute approximate surface area is 71.0 Å². The quantitative estimate of drug-likeness (QED) is 0.503. The molecule has 1 unspecified atom stereocenters. The zero-order valence-corrected chi connectivity index (χ0v) is 7.13. The second kappa shape index (κ2) is 1.69. The van der Waals surface area contributed by atoms with Gasteiger partial charge < -0.3 is 9.47 Å². The van der Waals surface area contributed by atoms with Gasteiger partial charge in [0, 0.05) is 0 Å². The Bertz CT molecular complexity index is 262. The smallest absolute Gasteiger partial charge is 0.312 e. The van der Waals surface area contributed by atoms with Gasteiger partial charge in [-0.25, -0.2) is 0 Å². The van der Waals surface area contributed by atoms with Crippen LogP contribution in [-0.4, -0.2) is 23.8 Å². The summed E-state index contributed by atoms with van der Waals surface area (Å²) in [4.78, 5) is 11.3. The zero-order valence-electron chi connectivity index (χ0n) is 7.13. The summed E-state index contributed by atoms with van der Waals surface area (Å²) in [6.45, 7) is 2.60. The lowest BCUT2D eigenvalue weighted by molar-refractivity contribution is -0.142. The van der Waals surface area contributed by atoms with E-state index in [9.17, 15) is 4.79 Å². The van der Waals surface area contributed by atoms with Gasteiger partial charge in [-0.3, -0.25) is 4.79 Å². The monoisotopic (exact) mass is 168 g/mol. The summed E-state index contributed by atoms with van der Waals surface area (Å²) in [5.74, 6) is -0.00493. The summed E-state index contributed by atoms with van der Waals surface area (Å²) < 4.78 is 10.9. The van der Waals surface area contributed by atoms with Crippen molar-refractivity contribution < 1.29 is 14.3 Å². The number of hydrogen-bond donors (Lipinski definition) is 0. The summed E-state index contributed by atoms with van der Waals surface area (Å²) in [6, 6.07) is 0. The normalized spacial score (nSPS) is 55.8. The molecule has 3 saturated heterocycles. The van der Waals surface area contributed by atoms with Crippen LogP contribution in [0.15, 0.2) is 0 Å². The first-order chi connectivity index (χ1) is 5.64. The predicted octanol–water partition coefficient (Wildman–Crippen LogP) is 0.871. The Balaban J connectivity index is 2.03. The van der Waals surface area contributed by atoms with Crippen molar-refractivity contribution in [2.24, 2.45) is 5.92 Å². The van der Waals surface area contributed by atoms with Crippen LogP contribution in [-0.2, 0) is 14.3 Å². The van der Waals surface area contributed by atoms with Crippen molar-refractivity contribution in [1.29, 1.82) is 0 Å². The van der Waals surface area contributed by atoms with Crippen molar-refractivity contribution in [2.45, 2.75) is 37.4 Å². The van der Waals surface area contributed by atoms with Crippen molar-refractivity contribution >= 4 is 5.97 Å². The molecule has 3 nitrogen and oxygen atoms in total. The lowest BCUT2D eigenvalue weighted by Gasteiger charge is -2.20. The van der Waals surface area contributed by atoms with Gasteiger partial charge in [0.05, 0.1) is 11.5 Å². The van der Waals surface area contributed by atoms with Crippen molar-refractivity contribution in [3.05, 3.63) is 0 Å². The number of carbonyl (C=O) groups is 1. The van der Waals surface area contributed by atoms with Gasteiger partial charge in [-0.05, 0) is 26.2 Å². The number of fused-ring (bicyclic) bond motifs is 1. The van der Waals surface area contributed by atoms with Crippen molar-refractivity contribution in [3.63, 3.8) is 0 Å². The van der Waals surface area contributed by atoms with E-state index in [1.54, 1.807) is 0 Å². The summed E-state index contributed by atoms with van der Waals surface area (Å²) in [6.07, 6.45) is 2.95. The van der Waals surface area contributed by atoms with Crippen LogP contribution in [0.4, 0.5) is 0 Å². The van der Waals surface area contributed by atoms with Gasteiger partial charge >= 0.3 is 5.97 Å². The van der Waals surface area contributed by atoms with E-state index in [2.05, 4.69) is 6.92 Å². The number of hydrogen-bond acceptors (Lipinski definition) is 3. The summed E-state index contributed by atoms with van der Waals surface area (Å²) in [5, 5.41) is 0. The highest BCUT2D eigenvalue weighted by Crippen LogP contribution is 2.56. The molecule has 0 saturated carbocycles. The molecule has 0 aromatic carbocycles. The third-order valence-electron chi connectivity index (χ3n) is 3.54. The third kappa shape index (κ3) is 0.600. The van der Waals surface area contributed by atoms with Crippen molar-refractivity contribution in [3.8, 4) is 0 Å². The fourth-order valence-corrected chi connectivity index (χ4v) is 2.87. The van der Waals surface area contributed by atoms with Crippen LogP contribution in [0.3, 0.4) is 0 Å². The Morgan fingerprint density at radius 3 is 3.00 bits per heavy atom. The average molecular weight is 168 g/mol. The lowest BCUT2D eigenvalue weighted by Crippen LogP contribution is -2.33. The first-order valence-electron chi connectivity index (χ1n) is 4.50. The highest BCUT2D eigenvalue weighted by molar-refractivity contribution is 5.77. The number of cyclic esters (lactones) is 1. The molecule has 0 aromatic rings. The Morgan fingerprint density at radius 2 is 2.33 bits per heavy atom. The van der Waals surface area contributed by atoms with Crippen LogP contribution < -0.4 is 0 Å². The van der Waals surface area contributed by atoms with E-state index in [0.717, 1.165) is 19.3 Å². The molecule has 12 heavy (non-hydrogen) atoms. The second-order valence-electron chi connectivity index (χ2n) is 4.48. The van der Waals surface area contributed by atoms with Gasteiger partial charge in [0.2, 0.25) is 0 Å². The fraction of sp³-hybridized carbons (Fsp3) is 0.889. The molecule has 3 rings (SSSR count). The largest absolute Gasteiger partial charge is 0.462 e. The minimum atomic E-state index is -0.216. The molecule has 3 heterocycles.